The van der Waals surface area contributed by atoms with Crippen molar-refractivity contribution in [1.29, 1.82) is 0 Å². The molecule has 1 aromatic carbocycles. The normalized spacial score (nSPS) is 10.9. The quantitative estimate of drug-likeness (QED) is 0.720. The molecule has 0 bridgehead atoms. The first-order valence-corrected chi connectivity index (χ1v) is 9.24. The van der Waals surface area contributed by atoms with Gasteiger partial charge in [-0.15, -0.1) is 10.2 Å². The maximum atomic E-state index is 12.5. The van der Waals surface area contributed by atoms with Crippen molar-refractivity contribution in [3.8, 4) is 5.69 Å². The number of benzene rings is 1. The second kappa shape index (κ2) is 8.01. The highest BCUT2D eigenvalue weighted by molar-refractivity contribution is 7.15. The van der Waals surface area contributed by atoms with Crippen LogP contribution in [0.25, 0.3) is 5.69 Å². The summed E-state index contributed by atoms with van der Waals surface area (Å²) in [4.78, 5) is 24.5. The van der Waals surface area contributed by atoms with Gasteiger partial charge in [0.25, 0.3) is 11.5 Å². The Hall–Kier alpha value is -2.87. The molecule has 1 N–H and O–H groups in total. The third-order valence-corrected chi connectivity index (χ3v) is 5.03. The fraction of sp³-hybridized carbons (Fsp3) is 0.278. The van der Waals surface area contributed by atoms with Gasteiger partial charge in [-0.1, -0.05) is 43.4 Å². The SMILES string of the molecule is CCC(CC)c1nnc(NC(=O)c2ccc(=O)n(-c3ccccc3)n2)s1. The zero-order valence-electron chi connectivity index (χ0n) is 14.5. The molecule has 2 heterocycles. The fourth-order valence-electron chi connectivity index (χ4n) is 2.54. The van der Waals surface area contributed by atoms with E-state index in [2.05, 4.69) is 34.5 Å². The summed E-state index contributed by atoms with van der Waals surface area (Å²) >= 11 is 1.37. The van der Waals surface area contributed by atoms with Crippen LogP contribution < -0.4 is 10.9 Å². The molecule has 0 fully saturated rings. The van der Waals surface area contributed by atoms with Crippen molar-refractivity contribution in [2.45, 2.75) is 32.6 Å². The lowest BCUT2D eigenvalue weighted by molar-refractivity contribution is 0.102. The molecule has 0 saturated heterocycles. The fourth-order valence-corrected chi connectivity index (χ4v) is 3.54. The largest absolute Gasteiger partial charge is 0.295 e. The van der Waals surface area contributed by atoms with Gasteiger partial charge in [0.2, 0.25) is 5.13 Å². The zero-order chi connectivity index (χ0) is 18.5. The number of amides is 1. The Morgan fingerprint density at radius 1 is 1.12 bits per heavy atom. The summed E-state index contributed by atoms with van der Waals surface area (Å²) in [6.07, 6.45) is 1.95. The Morgan fingerprint density at radius 2 is 1.85 bits per heavy atom. The van der Waals surface area contributed by atoms with Crippen LogP contribution in [0.3, 0.4) is 0 Å². The molecular formula is C18H19N5O2S. The van der Waals surface area contributed by atoms with E-state index in [0.29, 0.717) is 16.7 Å². The van der Waals surface area contributed by atoms with Crippen LogP contribution in [0.15, 0.2) is 47.3 Å². The van der Waals surface area contributed by atoms with Gasteiger partial charge in [-0.05, 0) is 31.0 Å². The molecule has 1 amide bonds. The highest BCUT2D eigenvalue weighted by Crippen LogP contribution is 2.28. The average Bonchev–Trinajstić information content (AvgIpc) is 3.12. The Bertz CT molecular complexity index is 947. The highest BCUT2D eigenvalue weighted by atomic mass is 32.1. The van der Waals surface area contributed by atoms with Crippen molar-refractivity contribution in [3.63, 3.8) is 0 Å². The predicted molar refractivity (Wildman–Crippen MR) is 101 cm³/mol. The number of nitrogens with one attached hydrogen (secondary N) is 1. The van der Waals surface area contributed by atoms with Gasteiger partial charge < -0.3 is 0 Å². The first-order chi connectivity index (χ1) is 12.6. The summed E-state index contributed by atoms with van der Waals surface area (Å²) in [5, 5.41) is 16.4. The second-order valence-corrected chi connectivity index (χ2v) is 6.73. The van der Waals surface area contributed by atoms with Crippen molar-refractivity contribution in [1.82, 2.24) is 20.0 Å². The summed E-state index contributed by atoms with van der Waals surface area (Å²) < 4.78 is 1.20. The number of rotatable bonds is 6. The molecule has 3 rings (SSSR count). The number of carbonyl (C=O) groups excluding carboxylic acids is 1. The topological polar surface area (TPSA) is 89.8 Å². The third-order valence-electron chi connectivity index (χ3n) is 4.03. The Labute approximate surface area is 154 Å². The zero-order valence-corrected chi connectivity index (χ0v) is 15.4. The van der Waals surface area contributed by atoms with Crippen molar-refractivity contribution in [2.75, 3.05) is 5.32 Å². The van der Waals surface area contributed by atoms with Crippen LogP contribution in [0.4, 0.5) is 5.13 Å². The smallest absolute Gasteiger partial charge is 0.277 e. The summed E-state index contributed by atoms with van der Waals surface area (Å²) in [7, 11) is 0. The lowest BCUT2D eigenvalue weighted by Gasteiger charge is -2.07. The first kappa shape index (κ1) is 17.9. The van der Waals surface area contributed by atoms with Crippen LogP contribution in [0.5, 0.6) is 0 Å². The lowest BCUT2D eigenvalue weighted by Crippen LogP contribution is -2.24. The molecular weight excluding hydrogens is 350 g/mol. The number of anilines is 1. The third kappa shape index (κ3) is 3.85. The number of carbonyl (C=O) groups is 1. The molecule has 0 spiro atoms. The predicted octanol–water partition coefficient (Wildman–Crippen LogP) is 3.24. The van der Waals surface area contributed by atoms with E-state index in [4.69, 9.17) is 0 Å². The summed E-state index contributed by atoms with van der Waals surface area (Å²) in [5.74, 6) is -0.0850. The van der Waals surface area contributed by atoms with Gasteiger partial charge in [0.15, 0.2) is 0 Å². The standard InChI is InChI=1S/C18H19N5O2S/c1-3-12(4-2)17-20-21-18(26-17)19-16(25)14-10-11-15(24)23(22-14)13-8-6-5-7-9-13/h5-12H,3-4H2,1-2H3,(H,19,21,25). The van der Waals surface area contributed by atoms with Crippen molar-refractivity contribution in [2.24, 2.45) is 0 Å². The Balaban J connectivity index is 1.82. The minimum Gasteiger partial charge on any atom is -0.295 e. The second-order valence-electron chi connectivity index (χ2n) is 5.72. The van der Waals surface area contributed by atoms with Gasteiger partial charge in [-0.2, -0.15) is 9.78 Å². The monoisotopic (exact) mass is 369 g/mol. The van der Waals surface area contributed by atoms with E-state index in [-0.39, 0.29) is 11.3 Å². The number of para-hydroxylation sites is 1. The molecule has 7 nitrogen and oxygen atoms in total. The minimum absolute atomic E-state index is 0.132. The van der Waals surface area contributed by atoms with Crippen molar-refractivity contribution < 1.29 is 4.79 Å². The van der Waals surface area contributed by atoms with E-state index in [1.54, 1.807) is 24.3 Å². The van der Waals surface area contributed by atoms with Crippen LogP contribution in [0, 0.1) is 0 Å². The van der Waals surface area contributed by atoms with Gasteiger partial charge in [-0.25, -0.2) is 0 Å². The van der Waals surface area contributed by atoms with E-state index in [9.17, 15) is 9.59 Å². The Kier molecular flexibility index (Phi) is 5.52. The number of hydrogen-bond acceptors (Lipinski definition) is 6. The molecule has 0 unspecified atom stereocenters. The van der Waals surface area contributed by atoms with E-state index in [0.717, 1.165) is 17.8 Å². The van der Waals surface area contributed by atoms with Gasteiger partial charge in [-0.3, -0.25) is 14.9 Å². The molecule has 2 aromatic heterocycles. The number of nitrogens with zero attached hydrogens (tertiary/aromatic N) is 4. The average molecular weight is 369 g/mol. The van der Waals surface area contributed by atoms with E-state index >= 15 is 0 Å². The van der Waals surface area contributed by atoms with E-state index in [1.807, 2.05) is 6.07 Å². The summed E-state index contributed by atoms with van der Waals surface area (Å²) in [6.45, 7) is 4.20. The van der Waals surface area contributed by atoms with Crippen molar-refractivity contribution >= 4 is 22.4 Å². The van der Waals surface area contributed by atoms with Crippen LogP contribution in [0.2, 0.25) is 0 Å². The van der Waals surface area contributed by atoms with Gasteiger partial charge >= 0.3 is 0 Å². The van der Waals surface area contributed by atoms with Gasteiger partial charge in [0.1, 0.15) is 10.7 Å². The first-order valence-electron chi connectivity index (χ1n) is 8.43. The maximum absolute atomic E-state index is 12.5. The molecule has 0 aliphatic carbocycles. The van der Waals surface area contributed by atoms with E-state index in [1.165, 1.54) is 28.2 Å². The van der Waals surface area contributed by atoms with Crippen LogP contribution >= 0.6 is 11.3 Å². The Morgan fingerprint density at radius 3 is 2.54 bits per heavy atom. The molecule has 0 saturated carbocycles. The summed E-state index contributed by atoms with van der Waals surface area (Å²) in [5.41, 5.74) is 0.423. The molecule has 8 heteroatoms. The van der Waals surface area contributed by atoms with Gasteiger partial charge in [0, 0.05) is 12.0 Å². The highest BCUT2D eigenvalue weighted by Gasteiger charge is 2.16. The van der Waals surface area contributed by atoms with Gasteiger partial charge in [0.05, 0.1) is 5.69 Å². The summed E-state index contributed by atoms with van der Waals surface area (Å²) in [6, 6.07) is 11.7. The van der Waals surface area contributed by atoms with E-state index < -0.39 is 5.91 Å². The van der Waals surface area contributed by atoms with Crippen molar-refractivity contribution in [3.05, 3.63) is 63.5 Å². The van der Waals surface area contributed by atoms with Crippen LogP contribution in [-0.2, 0) is 0 Å². The molecule has 134 valence electrons. The molecule has 3 aromatic rings. The van der Waals surface area contributed by atoms with Crippen LogP contribution in [-0.4, -0.2) is 25.9 Å². The molecule has 0 radical (unpaired) electrons. The minimum atomic E-state index is -0.429. The molecule has 0 atom stereocenters. The molecule has 0 aliphatic rings. The molecule has 0 aliphatic heterocycles. The van der Waals surface area contributed by atoms with Crippen LogP contribution in [0.1, 0.15) is 48.1 Å². The number of aromatic nitrogens is 4. The maximum Gasteiger partial charge on any atom is 0.277 e. The lowest BCUT2D eigenvalue weighted by atomic mass is 10.1. The number of hydrogen-bond donors (Lipinski definition) is 1. The molecule has 26 heavy (non-hydrogen) atoms.